The topological polar surface area (TPSA) is 18.5 Å². The second kappa shape index (κ2) is 7.24. The van der Waals surface area contributed by atoms with Crippen molar-refractivity contribution in [3.63, 3.8) is 0 Å². The number of nitrogens with one attached hydrogen (secondary N) is 1. The van der Waals surface area contributed by atoms with Gasteiger partial charge in [0.1, 0.15) is 0 Å². The zero-order chi connectivity index (χ0) is 14.6. The largest absolute Gasteiger partial charge is 0.319 e. The zero-order valence-corrected chi connectivity index (χ0v) is 14.1. The van der Waals surface area contributed by atoms with E-state index in [1.54, 1.807) is 0 Å². The van der Waals surface area contributed by atoms with Crippen molar-refractivity contribution in [1.29, 1.82) is 0 Å². The van der Waals surface area contributed by atoms with E-state index in [4.69, 9.17) is 0 Å². The van der Waals surface area contributed by atoms with Crippen molar-refractivity contribution in [3.8, 4) is 0 Å². The third kappa shape index (κ3) is 4.19. The monoisotopic (exact) mass is 281 g/mol. The molecule has 1 unspecified atom stereocenters. The molecule has 118 valence electrons. The van der Waals surface area contributed by atoms with Crippen LogP contribution in [0.1, 0.15) is 45.4 Å². The highest BCUT2D eigenvalue weighted by molar-refractivity contribution is 4.90. The van der Waals surface area contributed by atoms with Crippen molar-refractivity contribution < 1.29 is 0 Å². The van der Waals surface area contributed by atoms with E-state index in [2.05, 4.69) is 43.2 Å². The Morgan fingerprint density at radius 2 is 1.95 bits per heavy atom. The molecule has 3 heteroatoms. The summed E-state index contributed by atoms with van der Waals surface area (Å²) >= 11 is 0. The molecule has 1 atom stereocenters. The molecule has 1 aliphatic heterocycles. The van der Waals surface area contributed by atoms with Gasteiger partial charge in [0.15, 0.2) is 0 Å². The summed E-state index contributed by atoms with van der Waals surface area (Å²) in [6.45, 7) is 7.42. The van der Waals surface area contributed by atoms with Crippen LogP contribution in [0, 0.1) is 11.3 Å². The fraction of sp³-hybridized carbons (Fsp3) is 1.00. The molecule has 0 spiro atoms. The summed E-state index contributed by atoms with van der Waals surface area (Å²) in [6, 6.07) is 0.766. The molecule has 2 aliphatic rings. The lowest BCUT2D eigenvalue weighted by Crippen LogP contribution is -2.51. The molecule has 1 N–H and O–H groups in total. The van der Waals surface area contributed by atoms with E-state index in [0.717, 1.165) is 12.0 Å². The first-order valence-electron chi connectivity index (χ1n) is 8.58. The zero-order valence-electron chi connectivity index (χ0n) is 14.1. The molecule has 3 nitrogen and oxygen atoms in total. The van der Waals surface area contributed by atoms with Gasteiger partial charge in [-0.25, -0.2) is 0 Å². The Balaban J connectivity index is 1.93. The van der Waals surface area contributed by atoms with Gasteiger partial charge in [0.2, 0.25) is 0 Å². The van der Waals surface area contributed by atoms with Crippen LogP contribution in [0.5, 0.6) is 0 Å². The van der Waals surface area contributed by atoms with E-state index < -0.39 is 0 Å². The first-order valence-corrected chi connectivity index (χ1v) is 8.58. The Morgan fingerprint density at radius 3 is 2.55 bits per heavy atom. The Morgan fingerprint density at radius 1 is 1.25 bits per heavy atom. The second-order valence-electron chi connectivity index (χ2n) is 7.69. The molecule has 0 bridgehead atoms. The van der Waals surface area contributed by atoms with E-state index >= 15 is 0 Å². The highest BCUT2D eigenvalue weighted by Gasteiger charge is 2.36. The minimum atomic E-state index is 0.520. The number of rotatable bonds is 5. The van der Waals surface area contributed by atoms with Crippen molar-refractivity contribution in [3.05, 3.63) is 0 Å². The molecule has 0 radical (unpaired) electrons. The normalized spacial score (nSPS) is 36.5. The lowest BCUT2D eigenvalue weighted by Gasteiger charge is -2.45. The minimum absolute atomic E-state index is 0.520. The van der Waals surface area contributed by atoms with Gasteiger partial charge in [-0.1, -0.05) is 19.8 Å². The second-order valence-corrected chi connectivity index (χ2v) is 7.69. The summed E-state index contributed by atoms with van der Waals surface area (Å²) in [6.07, 6.45) is 8.39. The van der Waals surface area contributed by atoms with Crippen molar-refractivity contribution in [1.82, 2.24) is 15.1 Å². The van der Waals surface area contributed by atoms with Gasteiger partial charge in [-0.15, -0.1) is 0 Å². The number of likely N-dealkylation sites (tertiary alicyclic amines) is 1. The standard InChI is InChI=1S/C17H35N3/c1-15-7-9-17(10-8-15,13-18-2)14-20(4)16-6-5-11-19(3)12-16/h15-16,18H,5-14H2,1-4H3. The van der Waals surface area contributed by atoms with E-state index in [0.29, 0.717) is 5.41 Å². The Hall–Kier alpha value is -0.120. The summed E-state index contributed by atoms with van der Waals surface area (Å²) in [5.74, 6) is 0.936. The van der Waals surface area contributed by atoms with E-state index in [1.807, 2.05) is 0 Å². The predicted octanol–water partition coefficient (Wildman–Crippen LogP) is 2.43. The van der Waals surface area contributed by atoms with Gasteiger partial charge >= 0.3 is 0 Å². The first-order chi connectivity index (χ1) is 9.54. The van der Waals surface area contributed by atoms with Gasteiger partial charge in [0.25, 0.3) is 0 Å². The highest BCUT2D eigenvalue weighted by Crippen LogP contribution is 2.39. The summed E-state index contributed by atoms with van der Waals surface area (Å²) in [5, 5.41) is 3.47. The lowest BCUT2D eigenvalue weighted by atomic mass is 9.70. The highest BCUT2D eigenvalue weighted by atomic mass is 15.2. The maximum atomic E-state index is 3.47. The molecule has 1 aliphatic carbocycles. The van der Waals surface area contributed by atoms with Crippen LogP contribution >= 0.6 is 0 Å². The third-order valence-electron chi connectivity index (χ3n) is 5.69. The third-order valence-corrected chi connectivity index (χ3v) is 5.69. The van der Waals surface area contributed by atoms with Crippen molar-refractivity contribution >= 4 is 0 Å². The minimum Gasteiger partial charge on any atom is -0.319 e. The Kier molecular flexibility index (Phi) is 5.88. The number of nitrogens with zero attached hydrogens (tertiary/aromatic N) is 2. The van der Waals surface area contributed by atoms with Crippen LogP contribution in [0.4, 0.5) is 0 Å². The van der Waals surface area contributed by atoms with Gasteiger partial charge in [0, 0.05) is 25.7 Å². The maximum Gasteiger partial charge on any atom is 0.0220 e. The Bertz CT molecular complexity index is 284. The van der Waals surface area contributed by atoms with Crippen LogP contribution < -0.4 is 5.32 Å². The quantitative estimate of drug-likeness (QED) is 0.835. The van der Waals surface area contributed by atoms with Crippen LogP contribution in [0.15, 0.2) is 0 Å². The SMILES string of the molecule is CNCC1(CN(C)C2CCCN(C)C2)CCC(C)CC1. The smallest absolute Gasteiger partial charge is 0.0220 e. The van der Waals surface area contributed by atoms with Crippen LogP contribution in [-0.4, -0.2) is 63.2 Å². The molecule has 0 aromatic rings. The lowest BCUT2D eigenvalue weighted by molar-refractivity contribution is 0.0559. The average molecular weight is 281 g/mol. The van der Waals surface area contributed by atoms with Gasteiger partial charge in [-0.05, 0) is 64.7 Å². The van der Waals surface area contributed by atoms with Gasteiger partial charge in [-0.3, -0.25) is 0 Å². The molecule has 0 aromatic carbocycles. The molecule has 0 aromatic heterocycles. The molecule has 20 heavy (non-hydrogen) atoms. The molecule has 2 fully saturated rings. The number of hydrogen-bond donors (Lipinski definition) is 1. The molecule has 1 saturated heterocycles. The fourth-order valence-electron chi connectivity index (χ4n) is 4.30. The summed E-state index contributed by atoms with van der Waals surface area (Å²) in [4.78, 5) is 5.17. The van der Waals surface area contributed by atoms with Crippen molar-refractivity contribution in [2.75, 3.05) is 47.3 Å². The molecule has 1 heterocycles. The van der Waals surface area contributed by atoms with E-state index in [1.165, 1.54) is 64.7 Å². The van der Waals surface area contributed by atoms with Crippen LogP contribution in [0.3, 0.4) is 0 Å². The van der Waals surface area contributed by atoms with Crippen LogP contribution in [-0.2, 0) is 0 Å². The number of hydrogen-bond acceptors (Lipinski definition) is 3. The summed E-state index contributed by atoms with van der Waals surface area (Å²) in [7, 11) is 6.75. The number of likely N-dealkylation sites (N-methyl/N-ethyl adjacent to an activating group) is 2. The molecular formula is C17H35N3. The number of piperidine rings is 1. The van der Waals surface area contributed by atoms with E-state index in [-0.39, 0.29) is 0 Å². The molecule has 1 saturated carbocycles. The maximum absolute atomic E-state index is 3.47. The van der Waals surface area contributed by atoms with Gasteiger partial charge < -0.3 is 15.1 Å². The molecular weight excluding hydrogens is 246 g/mol. The first kappa shape index (κ1) is 16.3. The Labute approximate surface area is 126 Å². The molecule has 0 amide bonds. The average Bonchev–Trinajstić information content (AvgIpc) is 2.42. The summed E-state index contributed by atoms with van der Waals surface area (Å²) < 4.78 is 0. The fourth-order valence-corrected chi connectivity index (χ4v) is 4.30. The van der Waals surface area contributed by atoms with Gasteiger partial charge in [0.05, 0.1) is 0 Å². The predicted molar refractivity (Wildman–Crippen MR) is 87.1 cm³/mol. The molecule has 2 rings (SSSR count). The van der Waals surface area contributed by atoms with Crippen molar-refractivity contribution in [2.24, 2.45) is 11.3 Å². The summed E-state index contributed by atoms with van der Waals surface area (Å²) in [5.41, 5.74) is 0.520. The van der Waals surface area contributed by atoms with Gasteiger partial charge in [-0.2, -0.15) is 0 Å². The van der Waals surface area contributed by atoms with Crippen LogP contribution in [0.25, 0.3) is 0 Å². The van der Waals surface area contributed by atoms with Crippen molar-refractivity contribution in [2.45, 2.75) is 51.5 Å². The van der Waals surface area contributed by atoms with E-state index in [9.17, 15) is 0 Å². The van der Waals surface area contributed by atoms with Crippen LogP contribution in [0.2, 0.25) is 0 Å².